The molecule has 0 N–H and O–H groups in total. The Morgan fingerprint density at radius 3 is 2.73 bits per heavy atom. The van der Waals surface area contributed by atoms with E-state index >= 15 is 0 Å². The molecule has 0 aliphatic carbocycles. The van der Waals surface area contributed by atoms with Gasteiger partial charge in [-0.1, -0.05) is 29.7 Å². The predicted molar refractivity (Wildman–Crippen MR) is 127 cm³/mol. The highest BCUT2D eigenvalue weighted by Crippen LogP contribution is 2.37. The van der Waals surface area contributed by atoms with Gasteiger partial charge in [0.25, 0.3) is 5.91 Å². The number of thiophene rings is 1. The van der Waals surface area contributed by atoms with Crippen LogP contribution in [0.25, 0.3) is 10.7 Å². The molecule has 3 aromatic rings. The summed E-state index contributed by atoms with van der Waals surface area (Å²) in [5.74, 6) is 2.11. The minimum Gasteiger partial charge on any atom is -0.490 e. The van der Waals surface area contributed by atoms with Crippen molar-refractivity contribution in [2.75, 3.05) is 39.4 Å². The van der Waals surface area contributed by atoms with E-state index in [9.17, 15) is 4.79 Å². The Morgan fingerprint density at radius 1 is 1.21 bits per heavy atom. The Kier molecular flexibility index (Phi) is 7.85. The van der Waals surface area contributed by atoms with Crippen molar-refractivity contribution in [1.82, 2.24) is 19.9 Å². The lowest BCUT2D eigenvalue weighted by Crippen LogP contribution is -2.48. The van der Waals surface area contributed by atoms with E-state index in [2.05, 4.69) is 15.0 Å². The highest BCUT2D eigenvalue weighted by atomic mass is 35.5. The number of halogens is 1. The molecule has 10 heteroatoms. The standard InChI is InChI=1S/C23H27ClN4O4S/c1-3-11-31-21-17(24)13-16(14-18(21)30-4-2)23(29)28-9-7-27(8-10-28)15-20-25-22(26-32-20)19-6-5-12-33-19/h5-6,12-14H,3-4,7-11,15H2,1-2H3. The number of ether oxygens (including phenoxy) is 2. The number of carbonyl (C=O) groups excluding carboxylic acids is 1. The molecule has 1 aliphatic heterocycles. The molecule has 3 heterocycles. The molecule has 0 saturated carbocycles. The van der Waals surface area contributed by atoms with Crippen molar-refractivity contribution in [1.29, 1.82) is 0 Å². The monoisotopic (exact) mass is 490 g/mol. The second-order valence-electron chi connectivity index (χ2n) is 7.62. The molecule has 1 aromatic carbocycles. The van der Waals surface area contributed by atoms with E-state index < -0.39 is 0 Å². The molecule has 1 fully saturated rings. The molecule has 1 amide bonds. The third-order valence-electron chi connectivity index (χ3n) is 5.23. The van der Waals surface area contributed by atoms with Crippen molar-refractivity contribution >= 4 is 28.8 Å². The van der Waals surface area contributed by atoms with Crippen LogP contribution in [0, 0.1) is 0 Å². The third-order valence-corrected chi connectivity index (χ3v) is 6.38. The van der Waals surface area contributed by atoms with Crippen LogP contribution in [-0.2, 0) is 6.54 Å². The number of amides is 1. The SMILES string of the molecule is CCCOc1c(Cl)cc(C(=O)N2CCN(Cc3nc(-c4cccs4)no3)CC2)cc1OCC. The molecule has 1 saturated heterocycles. The van der Waals surface area contributed by atoms with Crippen LogP contribution in [0.5, 0.6) is 11.5 Å². The zero-order valence-corrected chi connectivity index (χ0v) is 20.3. The Bertz CT molecular complexity index is 1060. The van der Waals surface area contributed by atoms with Gasteiger partial charge in [0, 0.05) is 31.7 Å². The van der Waals surface area contributed by atoms with Crippen molar-refractivity contribution in [2.24, 2.45) is 0 Å². The van der Waals surface area contributed by atoms with Gasteiger partial charge in [-0.15, -0.1) is 11.3 Å². The van der Waals surface area contributed by atoms with E-state index in [1.807, 2.05) is 36.3 Å². The first-order valence-corrected chi connectivity index (χ1v) is 12.3. The van der Waals surface area contributed by atoms with Gasteiger partial charge >= 0.3 is 0 Å². The number of aromatic nitrogens is 2. The lowest BCUT2D eigenvalue weighted by molar-refractivity contribution is 0.0614. The molecule has 0 spiro atoms. The maximum Gasteiger partial charge on any atom is 0.254 e. The Balaban J connectivity index is 1.37. The number of nitrogens with zero attached hydrogens (tertiary/aromatic N) is 4. The smallest absolute Gasteiger partial charge is 0.254 e. The van der Waals surface area contributed by atoms with Crippen LogP contribution in [0.2, 0.25) is 5.02 Å². The van der Waals surface area contributed by atoms with Gasteiger partial charge in [0.15, 0.2) is 11.5 Å². The van der Waals surface area contributed by atoms with Gasteiger partial charge in [-0.2, -0.15) is 4.98 Å². The molecule has 176 valence electrons. The highest BCUT2D eigenvalue weighted by molar-refractivity contribution is 7.13. The lowest BCUT2D eigenvalue weighted by Gasteiger charge is -2.34. The predicted octanol–water partition coefficient (Wildman–Crippen LogP) is 4.60. The Morgan fingerprint density at radius 2 is 2.03 bits per heavy atom. The Hall–Kier alpha value is -2.62. The maximum atomic E-state index is 13.1. The van der Waals surface area contributed by atoms with Crippen LogP contribution >= 0.6 is 22.9 Å². The van der Waals surface area contributed by atoms with Crippen LogP contribution < -0.4 is 9.47 Å². The summed E-state index contributed by atoms with van der Waals surface area (Å²) in [5.41, 5.74) is 0.498. The number of hydrogen-bond donors (Lipinski definition) is 0. The van der Waals surface area contributed by atoms with Crippen molar-refractivity contribution in [3.63, 3.8) is 0 Å². The van der Waals surface area contributed by atoms with E-state index in [4.69, 9.17) is 25.6 Å². The average Bonchev–Trinajstić information content (AvgIpc) is 3.51. The van der Waals surface area contributed by atoms with Crippen molar-refractivity contribution in [3.8, 4) is 22.2 Å². The quantitative estimate of drug-likeness (QED) is 0.433. The highest BCUT2D eigenvalue weighted by Gasteiger charge is 2.25. The largest absolute Gasteiger partial charge is 0.490 e. The minimum atomic E-state index is -0.0719. The molecule has 1 aliphatic rings. The second-order valence-corrected chi connectivity index (χ2v) is 8.98. The molecule has 0 bridgehead atoms. The zero-order valence-electron chi connectivity index (χ0n) is 18.8. The van der Waals surface area contributed by atoms with Crippen LogP contribution in [0.1, 0.15) is 36.5 Å². The fourth-order valence-electron chi connectivity index (χ4n) is 3.61. The van der Waals surface area contributed by atoms with Gasteiger partial charge in [-0.05, 0) is 36.9 Å². The van der Waals surface area contributed by atoms with Crippen LogP contribution in [-0.4, -0.2) is 65.2 Å². The first kappa shape index (κ1) is 23.5. The normalized spacial score (nSPS) is 14.5. The maximum absolute atomic E-state index is 13.1. The Labute approximate surface area is 202 Å². The van der Waals surface area contributed by atoms with E-state index in [0.29, 0.717) is 79.7 Å². The topological polar surface area (TPSA) is 80.9 Å². The summed E-state index contributed by atoms with van der Waals surface area (Å²) in [6.45, 7) is 8.08. The summed E-state index contributed by atoms with van der Waals surface area (Å²) in [5, 5.41) is 6.43. The molecule has 0 unspecified atom stereocenters. The van der Waals surface area contributed by atoms with Crippen LogP contribution in [0.3, 0.4) is 0 Å². The van der Waals surface area contributed by atoms with E-state index in [1.165, 1.54) is 0 Å². The number of carbonyl (C=O) groups is 1. The molecule has 33 heavy (non-hydrogen) atoms. The number of benzene rings is 1. The van der Waals surface area contributed by atoms with Gasteiger partial charge in [0.1, 0.15) is 0 Å². The van der Waals surface area contributed by atoms with Crippen molar-refractivity contribution < 1.29 is 18.8 Å². The summed E-state index contributed by atoms with van der Waals surface area (Å²) in [4.78, 5) is 22.6. The fourth-order valence-corrected chi connectivity index (χ4v) is 4.52. The summed E-state index contributed by atoms with van der Waals surface area (Å²) in [6.07, 6.45) is 0.853. The molecule has 0 atom stereocenters. The van der Waals surface area contributed by atoms with Crippen molar-refractivity contribution in [2.45, 2.75) is 26.8 Å². The van der Waals surface area contributed by atoms with Gasteiger partial charge < -0.3 is 18.9 Å². The third kappa shape index (κ3) is 5.66. The second kappa shape index (κ2) is 11.0. The van der Waals surface area contributed by atoms with Crippen molar-refractivity contribution in [3.05, 3.63) is 46.1 Å². The molecular formula is C23H27ClN4O4S. The first-order chi connectivity index (χ1) is 16.1. The molecule has 4 rings (SSSR count). The summed E-state index contributed by atoms with van der Waals surface area (Å²) in [6, 6.07) is 7.31. The van der Waals surface area contributed by atoms with E-state index in [0.717, 1.165) is 11.3 Å². The van der Waals surface area contributed by atoms with E-state index in [1.54, 1.807) is 23.5 Å². The molecule has 2 aromatic heterocycles. The minimum absolute atomic E-state index is 0.0719. The lowest BCUT2D eigenvalue weighted by atomic mass is 10.1. The number of rotatable bonds is 9. The molecule has 8 nitrogen and oxygen atoms in total. The van der Waals surface area contributed by atoms with Crippen LogP contribution in [0.4, 0.5) is 0 Å². The molecule has 0 radical (unpaired) electrons. The van der Waals surface area contributed by atoms with Gasteiger partial charge in [-0.25, -0.2) is 0 Å². The average molecular weight is 491 g/mol. The van der Waals surface area contributed by atoms with Gasteiger partial charge in [-0.3, -0.25) is 9.69 Å². The summed E-state index contributed by atoms with van der Waals surface area (Å²) < 4.78 is 16.8. The van der Waals surface area contributed by atoms with Gasteiger partial charge in [0.05, 0.1) is 29.7 Å². The van der Waals surface area contributed by atoms with Crippen LogP contribution in [0.15, 0.2) is 34.2 Å². The molecular weight excluding hydrogens is 464 g/mol. The zero-order chi connectivity index (χ0) is 23.2. The van der Waals surface area contributed by atoms with E-state index in [-0.39, 0.29) is 5.91 Å². The van der Waals surface area contributed by atoms with Gasteiger partial charge in [0.2, 0.25) is 11.7 Å². The number of hydrogen-bond acceptors (Lipinski definition) is 8. The first-order valence-electron chi connectivity index (χ1n) is 11.1. The summed E-state index contributed by atoms with van der Waals surface area (Å²) in [7, 11) is 0. The summed E-state index contributed by atoms with van der Waals surface area (Å²) >= 11 is 8.01. The fraction of sp³-hybridized carbons (Fsp3) is 0.435. The number of piperazine rings is 1.